The molecule has 76 valence electrons. The van der Waals surface area contributed by atoms with Gasteiger partial charge in [0.25, 0.3) is 0 Å². The second-order valence-corrected chi connectivity index (χ2v) is 2.56. The summed E-state index contributed by atoms with van der Waals surface area (Å²) in [5.74, 6) is -0.0557. The van der Waals surface area contributed by atoms with E-state index in [1.807, 2.05) is 0 Å². The standard InChI is InChI=1S/C9H7F3O2/c10-9(11,12)6-14-8-4-2-1-3-7(8)5-13/h1-5H,6H2. The van der Waals surface area contributed by atoms with E-state index in [4.69, 9.17) is 0 Å². The molecule has 0 amide bonds. The summed E-state index contributed by atoms with van der Waals surface area (Å²) in [6, 6.07) is 5.75. The van der Waals surface area contributed by atoms with Gasteiger partial charge in [0.2, 0.25) is 0 Å². The Balaban J connectivity index is 2.71. The highest BCUT2D eigenvalue weighted by molar-refractivity contribution is 5.79. The van der Waals surface area contributed by atoms with E-state index in [0.29, 0.717) is 6.29 Å². The van der Waals surface area contributed by atoms with Crippen LogP contribution in [0.25, 0.3) is 0 Å². The quantitative estimate of drug-likeness (QED) is 0.707. The lowest BCUT2D eigenvalue weighted by Crippen LogP contribution is -2.19. The zero-order valence-corrected chi connectivity index (χ0v) is 7.04. The fourth-order valence-corrected chi connectivity index (χ4v) is 0.869. The van der Waals surface area contributed by atoms with Crippen LogP contribution < -0.4 is 4.74 Å². The van der Waals surface area contributed by atoms with Crippen molar-refractivity contribution in [1.82, 2.24) is 0 Å². The summed E-state index contributed by atoms with van der Waals surface area (Å²) < 4.78 is 39.7. The average molecular weight is 204 g/mol. The first kappa shape index (κ1) is 10.6. The minimum Gasteiger partial charge on any atom is -0.483 e. The van der Waals surface area contributed by atoms with Crippen molar-refractivity contribution >= 4 is 6.29 Å². The summed E-state index contributed by atoms with van der Waals surface area (Å²) in [5, 5.41) is 0. The molecule has 0 fully saturated rings. The Hall–Kier alpha value is -1.52. The highest BCUT2D eigenvalue weighted by atomic mass is 19.4. The minimum absolute atomic E-state index is 0.0557. The lowest BCUT2D eigenvalue weighted by Gasteiger charge is -2.09. The summed E-state index contributed by atoms with van der Waals surface area (Å²) in [7, 11) is 0. The van der Waals surface area contributed by atoms with Crippen LogP contribution in [-0.4, -0.2) is 19.1 Å². The molecule has 0 aliphatic carbocycles. The summed E-state index contributed by atoms with van der Waals surface area (Å²) in [6.07, 6.45) is -3.94. The molecule has 0 aromatic heterocycles. The molecule has 0 aliphatic rings. The van der Waals surface area contributed by atoms with Gasteiger partial charge in [-0.05, 0) is 12.1 Å². The molecule has 1 aromatic rings. The third kappa shape index (κ3) is 3.08. The van der Waals surface area contributed by atoms with Crippen molar-refractivity contribution in [2.75, 3.05) is 6.61 Å². The van der Waals surface area contributed by atoms with Crippen LogP contribution >= 0.6 is 0 Å². The van der Waals surface area contributed by atoms with E-state index < -0.39 is 12.8 Å². The van der Waals surface area contributed by atoms with Gasteiger partial charge in [0.1, 0.15) is 5.75 Å². The summed E-state index contributed by atoms with van der Waals surface area (Å²) in [5.41, 5.74) is 0.108. The second-order valence-electron chi connectivity index (χ2n) is 2.56. The number of ether oxygens (including phenoxy) is 1. The smallest absolute Gasteiger partial charge is 0.422 e. The van der Waals surface area contributed by atoms with Gasteiger partial charge >= 0.3 is 6.18 Å². The maximum atomic E-state index is 11.8. The van der Waals surface area contributed by atoms with Gasteiger partial charge in [0.15, 0.2) is 12.9 Å². The molecule has 0 saturated carbocycles. The first-order valence-electron chi connectivity index (χ1n) is 3.77. The van der Waals surface area contributed by atoms with E-state index in [2.05, 4.69) is 4.74 Å². The highest BCUT2D eigenvalue weighted by Crippen LogP contribution is 2.20. The number of rotatable bonds is 3. The Labute approximate surface area is 78.3 Å². The molecule has 0 N–H and O–H groups in total. The van der Waals surface area contributed by atoms with Gasteiger partial charge in [-0.3, -0.25) is 4.79 Å². The number of carbonyl (C=O) groups excluding carboxylic acids is 1. The van der Waals surface area contributed by atoms with Crippen LogP contribution in [0.2, 0.25) is 0 Å². The van der Waals surface area contributed by atoms with Crippen LogP contribution in [0.15, 0.2) is 24.3 Å². The maximum Gasteiger partial charge on any atom is 0.422 e. The van der Waals surface area contributed by atoms with Crippen molar-refractivity contribution in [1.29, 1.82) is 0 Å². The van der Waals surface area contributed by atoms with Gasteiger partial charge in [0.05, 0.1) is 5.56 Å². The molecule has 0 aliphatic heterocycles. The van der Waals surface area contributed by atoms with Gasteiger partial charge in [-0.15, -0.1) is 0 Å². The molecule has 1 aromatic carbocycles. The third-order valence-corrected chi connectivity index (χ3v) is 1.44. The Morgan fingerprint density at radius 2 is 1.93 bits per heavy atom. The first-order valence-corrected chi connectivity index (χ1v) is 3.77. The van der Waals surface area contributed by atoms with E-state index in [9.17, 15) is 18.0 Å². The average Bonchev–Trinajstić information content (AvgIpc) is 2.14. The molecular formula is C9H7F3O2. The number of para-hydroxylation sites is 1. The number of benzene rings is 1. The van der Waals surface area contributed by atoms with Crippen LogP contribution in [0.5, 0.6) is 5.75 Å². The molecule has 2 nitrogen and oxygen atoms in total. The van der Waals surface area contributed by atoms with E-state index >= 15 is 0 Å². The summed E-state index contributed by atoms with van der Waals surface area (Å²) >= 11 is 0. The largest absolute Gasteiger partial charge is 0.483 e. The Kier molecular flexibility index (Phi) is 3.11. The lowest BCUT2D eigenvalue weighted by atomic mass is 10.2. The number of carbonyl (C=O) groups is 1. The van der Waals surface area contributed by atoms with Crippen molar-refractivity contribution in [3.8, 4) is 5.75 Å². The molecule has 0 heterocycles. The van der Waals surface area contributed by atoms with Crippen molar-refractivity contribution in [3.05, 3.63) is 29.8 Å². The van der Waals surface area contributed by atoms with Crippen LogP contribution in [-0.2, 0) is 0 Å². The van der Waals surface area contributed by atoms with Gasteiger partial charge in [-0.2, -0.15) is 13.2 Å². The molecular weight excluding hydrogens is 197 g/mol. The number of hydrogen-bond donors (Lipinski definition) is 0. The maximum absolute atomic E-state index is 11.8. The first-order chi connectivity index (χ1) is 6.53. The third-order valence-electron chi connectivity index (χ3n) is 1.44. The van der Waals surface area contributed by atoms with E-state index in [0.717, 1.165) is 0 Å². The number of aldehydes is 1. The van der Waals surface area contributed by atoms with Gasteiger partial charge < -0.3 is 4.74 Å². The van der Waals surface area contributed by atoms with Crippen LogP contribution in [0.1, 0.15) is 10.4 Å². The molecule has 0 atom stereocenters. The fraction of sp³-hybridized carbons (Fsp3) is 0.222. The number of alkyl halides is 3. The second kappa shape index (κ2) is 4.13. The predicted molar refractivity (Wildman–Crippen MR) is 43.4 cm³/mol. The highest BCUT2D eigenvalue weighted by Gasteiger charge is 2.28. The molecule has 0 radical (unpaired) electrons. The Morgan fingerprint density at radius 1 is 1.29 bits per heavy atom. The molecule has 5 heteroatoms. The van der Waals surface area contributed by atoms with Crippen LogP contribution in [0.4, 0.5) is 13.2 Å². The van der Waals surface area contributed by atoms with Crippen molar-refractivity contribution in [3.63, 3.8) is 0 Å². The fourth-order valence-electron chi connectivity index (χ4n) is 0.869. The zero-order valence-electron chi connectivity index (χ0n) is 7.04. The SMILES string of the molecule is O=Cc1ccccc1OCC(F)(F)F. The zero-order chi connectivity index (χ0) is 10.6. The predicted octanol–water partition coefficient (Wildman–Crippen LogP) is 2.44. The topological polar surface area (TPSA) is 26.3 Å². The van der Waals surface area contributed by atoms with Gasteiger partial charge in [-0.25, -0.2) is 0 Å². The normalized spacial score (nSPS) is 11.1. The molecule has 0 bridgehead atoms. The van der Waals surface area contributed by atoms with E-state index in [-0.39, 0.29) is 11.3 Å². The van der Waals surface area contributed by atoms with E-state index in [1.165, 1.54) is 18.2 Å². The monoisotopic (exact) mass is 204 g/mol. The van der Waals surface area contributed by atoms with Crippen LogP contribution in [0, 0.1) is 0 Å². The Bertz CT molecular complexity index is 320. The van der Waals surface area contributed by atoms with Crippen molar-refractivity contribution in [2.24, 2.45) is 0 Å². The molecule has 0 spiro atoms. The van der Waals surface area contributed by atoms with Gasteiger partial charge in [0, 0.05) is 0 Å². The van der Waals surface area contributed by atoms with Crippen molar-refractivity contribution < 1.29 is 22.7 Å². The number of hydrogen-bond acceptors (Lipinski definition) is 2. The molecule has 0 unspecified atom stereocenters. The van der Waals surface area contributed by atoms with E-state index in [1.54, 1.807) is 6.07 Å². The number of halogens is 3. The Morgan fingerprint density at radius 3 is 2.50 bits per heavy atom. The molecule has 0 saturated heterocycles. The van der Waals surface area contributed by atoms with Crippen molar-refractivity contribution in [2.45, 2.75) is 6.18 Å². The summed E-state index contributed by atoms with van der Waals surface area (Å²) in [4.78, 5) is 10.4. The lowest BCUT2D eigenvalue weighted by molar-refractivity contribution is -0.153. The van der Waals surface area contributed by atoms with Crippen LogP contribution in [0.3, 0.4) is 0 Å². The minimum atomic E-state index is -4.39. The molecule has 14 heavy (non-hydrogen) atoms. The van der Waals surface area contributed by atoms with Gasteiger partial charge in [-0.1, -0.05) is 12.1 Å². The molecule has 1 rings (SSSR count). The summed E-state index contributed by atoms with van der Waals surface area (Å²) in [6.45, 7) is -1.39.